The van der Waals surface area contributed by atoms with Crippen molar-refractivity contribution in [2.45, 2.75) is 37.0 Å². The molecule has 100 valence electrons. The fourth-order valence-corrected chi connectivity index (χ4v) is 4.26. The first-order chi connectivity index (χ1) is 8.20. The zero-order valence-electron chi connectivity index (χ0n) is 11.3. The van der Waals surface area contributed by atoms with Crippen molar-refractivity contribution in [3.63, 3.8) is 0 Å². The van der Waals surface area contributed by atoms with Crippen molar-refractivity contribution in [3.8, 4) is 0 Å². The molecule has 0 aliphatic carbocycles. The Morgan fingerprint density at radius 2 is 2.00 bits per heavy atom. The normalized spacial score (nSPS) is 31.6. The molecule has 0 bridgehead atoms. The summed E-state index contributed by atoms with van der Waals surface area (Å²) in [5.74, 6) is 1.29. The van der Waals surface area contributed by atoms with Gasteiger partial charge in [-0.05, 0) is 39.4 Å². The Bertz CT molecular complexity index is 239. The molecule has 0 aromatic heterocycles. The van der Waals surface area contributed by atoms with Crippen LogP contribution >= 0.6 is 11.8 Å². The van der Waals surface area contributed by atoms with Crippen LogP contribution in [-0.2, 0) is 0 Å². The van der Waals surface area contributed by atoms with Crippen molar-refractivity contribution in [1.82, 2.24) is 9.80 Å². The van der Waals surface area contributed by atoms with E-state index in [4.69, 9.17) is 5.73 Å². The molecule has 2 aliphatic rings. The number of hydrogen-bond acceptors (Lipinski definition) is 4. The molecule has 0 spiro atoms. The van der Waals surface area contributed by atoms with Gasteiger partial charge in [-0.25, -0.2) is 0 Å². The molecule has 2 heterocycles. The maximum absolute atomic E-state index is 6.13. The molecule has 0 amide bonds. The third kappa shape index (κ3) is 2.98. The number of thioether (sulfide) groups is 1. The molecule has 1 unspecified atom stereocenters. The van der Waals surface area contributed by atoms with Gasteiger partial charge < -0.3 is 10.6 Å². The first kappa shape index (κ1) is 13.7. The van der Waals surface area contributed by atoms with E-state index in [1.54, 1.807) is 0 Å². The van der Waals surface area contributed by atoms with Gasteiger partial charge in [-0.3, -0.25) is 4.90 Å². The van der Waals surface area contributed by atoms with Gasteiger partial charge in [-0.2, -0.15) is 11.8 Å². The highest BCUT2D eigenvalue weighted by molar-refractivity contribution is 8.00. The van der Waals surface area contributed by atoms with Crippen molar-refractivity contribution in [2.24, 2.45) is 5.73 Å². The van der Waals surface area contributed by atoms with Crippen LogP contribution in [0, 0.1) is 0 Å². The molecule has 17 heavy (non-hydrogen) atoms. The van der Waals surface area contributed by atoms with Crippen LogP contribution in [0.4, 0.5) is 0 Å². The second kappa shape index (κ2) is 5.91. The lowest BCUT2D eigenvalue weighted by Crippen LogP contribution is -2.61. The van der Waals surface area contributed by atoms with E-state index in [-0.39, 0.29) is 0 Å². The largest absolute Gasteiger partial charge is 0.329 e. The van der Waals surface area contributed by atoms with Gasteiger partial charge >= 0.3 is 0 Å². The van der Waals surface area contributed by atoms with Crippen molar-refractivity contribution in [2.75, 3.05) is 45.5 Å². The van der Waals surface area contributed by atoms with E-state index >= 15 is 0 Å². The number of likely N-dealkylation sites (tertiary alicyclic amines) is 1. The average molecular weight is 257 g/mol. The quantitative estimate of drug-likeness (QED) is 0.824. The summed E-state index contributed by atoms with van der Waals surface area (Å²) in [5.41, 5.74) is 6.44. The Labute approximate surface area is 110 Å². The molecular weight excluding hydrogens is 230 g/mol. The number of nitrogens with two attached hydrogens (primary N) is 1. The minimum Gasteiger partial charge on any atom is -0.329 e. The van der Waals surface area contributed by atoms with E-state index in [9.17, 15) is 0 Å². The van der Waals surface area contributed by atoms with Gasteiger partial charge in [0.25, 0.3) is 0 Å². The predicted octanol–water partition coefficient (Wildman–Crippen LogP) is 1.24. The van der Waals surface area contributed by atoms with E-state index in [0.717, 1.165) is 11.8 Å². The van der Waals surface area contributed by atoms with Gasteiger partial charge in [-0.15, -0.1) is 0 Å². The molecule has 2 rings (SSSR count). The molecule has 1 atom stereocenters. The Kier molecular flexibility index (Phi) is 4.75. The molecule has 2 saturated heterocycles. The Morgan fingerprint density at radius 1 is 1.29 bits per heavy atom. The molecule has 2 aliphatic heterocycles. The SMILES string of the molecule is CCC1CN(C2(CN)CCN(C)CC2)CCS1. The summed E-state index contributed by atoms with van der Waals surface area (Å²) in [5, 5.41) is 0.826. The van der Waals surface area contributed by atoms with E-state index < -0.39 is 0 Å². The highest BCUT2D eigenvalue weighted by Gasteiger charge is 2.39. The van der Waals surface area contributed by atoms with Gasteiger partial charge in [0, 0.05) is 36.2 Å². The van der Waals surface area contributed by atoms with Crippen molar-refractivity contribution in [1.29, 1.82) is 0 Å². The molecule has 2 N–H and O–H groups in total. The van der Waals surface area contributed by atoms with E-state index in [1.807, 2.05) is 0 Å². The van der Waals surface area contributed by atoms with Gasteiger partial charge in [-0.1, -0.05) is 6.92 Å². The highest BCUT2D eigenvalue weighted by Crippen LogP contribution is 2.32. The third-order valence-electron chi connectivity index (χ3n) is 4.56. The summed E-state index contributed by atoms with van der Waals surface area (Å²) in [6.45, 7) is 8.05. The van der Waals surface area contributed by atoms with Crippen LogP contribution in [0.15, 0.2) is 0 Å². The second-order valence-electron chi connectivity index (χ2n) is 5.58. The molecule has 0 saturated carbocycles. The maximum atomic E-state index is 6.13. The first-order valence-electron chi connectivity index (χ1n) is 6.95. The van der Waals surface area contributed by atoms with Crippen LogP contribution in [-0.4, -0.2) is 66.1 Å². The standard InChI is InChI=1S/C13H27N3S/c1-3-12-10-16(8-9-17-12)13(11-14)4-6-15(2)7-5-13/h12H,3-11,14H2,1-2H3. The fourth-order valence-electron chi connectivity index (χ4n) is 3.08. The van der Waals surface area contributed by atoms with Crippen LogP contribution in [0.2, 0.25) is 0 Å². The van der Waals surface area contributed by atoms with Crippen LogP contribution in [0.1, 0.15) is 26.2 Å². The van der Waals surface area contributed by atoms with Crippen LogP contribution in [0.5, 0.6) is 0 Å². The summed E-state index contributed by atoms with van der Waals surface area (Å²) < 4.78 is 0. The topological polar surface area (TPSA) is 32.5 Å². The maximum Gasteiger partial charge on any atom is 0.0356 e. The van der Waals surface area contributed by atoms with Crippen molar-refractivity contribution >= 4 is 11.8 Å². The lowest BCUT2D eigenvalue weighted by atomic mass is 9.85. The number of rotatable bonds is 3. The summed E-state index contributed by atoms with van der Waals surface area (Å²) in [6, 6.07) is 0. The van der Waals surface area contributed by atoms with Crippen molar-refractivity contribution < 1.29 is 0 Å². The minimum atomic E-state index is 0.306. The Balaban J connectivity index is 2.01. The molecule has 0 aromatic carbocycles. The molecule has 0 aromatic rings. The van der Waals surface area contributed by atoms with Gasteiger partial charge in [0.05, 0.1) is 0 Å². The minimum absolute atomic E-state index is 0.306. The lowest BCUT2D eigenvalue weighted by molar-refractivity contribution is 0.0361. The number of nitrogens with zero attached hydrogens (tertiary/aromatic N) is 2. The smallest absolute Gasteiger partial charge is 0.0356 e. The van der Waals surface area contributed by atoms with Crippen molar-refractivity contribution in [3.05, 3.63) is 0 Å². The third-order valence-corrected chi connectivity index (χ3v) is 5.93. The monoisotopic (exact) mass is 257 g/mol. The van der Waals surface area contributed by atoms with E-state index in [1.165, 1.54) is 51.2 Å². The highest BCUT2D eigenvalue weighted by atomic mass is 32.2. The zero-order valence-corrected chi connectivity index (χ0v) is 12.1. The fraction of sp³-hybridized carbons (Fsp3) is 1.00. The van der Waals surface area contributed by atoms with Crippen LogP contribution < -0.4 is 5.73 Å². The molecule has 3 nitrogen and oxygen atoms in total. The summed E-state index contributed by atoms with van der Waals surface area (Å²) >= 11 is 2.15. The van der Waals surface area contributed by atoms with E-state index in [0.29, 0.717) is 5.54 Å². The Hall–Kier alpha value is 0.230. The van der Waals surface area contributed by atoms with E-state index in [2.05, 4.69) is 35.5 Å². The molecule has 0 radical (unpaired) electrons. The number of hydrogen-bond donors (Lipinski definition) is 1. The summed E-state index contributed by atoms with van der Waals surface area (Å²) in [4.78, 5) is 5.15. The first-order valence-corrected chi connectivity index (χ1v) is 8.00. The molecule has 4 heteroatoms. The van der Waals surface area contributed by atoms with Crippen LogP contribution in [0.3, 0.4) is 0 Å². The van der Waals surface area contributed by atoms with Gasteiger partial charge in [0.15, 0.2) is 0 Å². The van der Waals surface area contributed by atoms with Crippen LogP contribution in [0.25, 0.3) is 0 Å². The second-order valence-corrected chi connectivity index (χ2v) is 6.99. The number of piperidine rings is 1. The average Bonchev–Trinajstić information content (AvgIpc) is 2.40. The summed E-state index contributed by atoms with van der Waals surface area (Å²) in [6.07, 6.45) is 3.80. The Morgan fingerprint density at radius 3 is 2.59 bits per heavy atom. The summed E-state index contributed by atoms with van der Waals surface area (Å²) in [7, 11) is 2.22. The lowest BCUT2D eigenvalue weighted by Gasteiger charge is -2.50. The zero-order chi connectivity index (χ0) is 12.3. The molecule has 2 fully saturated rings. The van der Waals surface area contributed by atoms with Gasteiger partial charge in [0.1, 0.15) is 0 Å². The predicted molar refractivity (Wildman–Crippen MR) is 76.6 cm³/mol. The van der Waals surface area contributed by atoms with Gasteiger partial charge in [0.2, 0.25) is 0 Å². The molecular formula is C13H27N3S.